The fraction of sp³-hybridized carbons (Fsp3) is 0.200. The number of hydrogen-bond donors (Lipinski definition) is 1. The number of benzene rings is 3. The first-order chi connectivity index (χ1) is 20.9. The molecule has 9 heteroatoms. The smallest absolute Gasteiger partial charge is 0.307 e. The molecule has 3 aromatic heterocycles. The average molecular weight is 624 g/mol. The van der Waals surface area contributed by atoms with Gasteiger partial charge in [-0.15, -0.1) is 11.3 Å². The molecule has 0 aliphatic heterocycles. The van der Waals surface area contributed by atoms with E-state index in [0.29, 0.717) is 21.7 Å². The molecule has 0 aliphatic carbocycles. The van der Waals surface area contributed by atoms with Gasteiger partial charge in [-0.25, -0.2) is 4.98 Å². The number of nitrogens with zero attached hydrogens (tertiary/aromatic N) is 3. The number of thiazole rings is 1. The Hall–Kier alpha value is -4.53. The third kappa shape index (κ3) is 5.70. The molecule has 0 aliphatic rings. The average Bonchev–Trinajstić information content (AvgIpc) is 3.38. The summed E-state index contributed by atoms with van der Waals surface area (Å²) < 4.78 is 8.76. The monoisotopic (exact) mass is 623 g/mol. The van der Waals surface area contributed by atoms with E-state index in [-0.39, 0.29) is 12.0 Å². The summed E-state index contributed by atoms with van der Waals surface area (Å²) in [6.07, 6.45) is 3.35. The summed E-state index contributed by atoms with van der Waals surface area (Å²) in [6, 6.07) is 18.9. The van der Waals surface area contributed by atoms with Crippen molar-refractivity contribution in [1.82, 2.24) is 14.5 Å². The van der Waals surface area contributed by atoms with Gasteiger partial charge in [-0.05, 0) is 92.7 Å². The SMILES string of the molecule is Cc1cc2nc(-c3ccnc(-c4ccc5ccn(C)c(=O)c5c4)c3)sc2c(-c2ccc(Cl)cc2OC(C)(C)C)c1CC(=O)O. The van der Waals surface area contributed by atoms with E-state index in [1.165, 1.54) is 11.3 Å². The van der Waals surface area contributed by atoms with Crippen LogP contribution >= 0.6 is 22.9 Å². The molecule has 3 heterocycles. The van der Waals surface area contributed by atoms with Gasteiger partial charge in [0.05, 0.1) is 22.3 Å². The number of aliphatic carboxylic acids is 1. The van der Waals surface area contributed by atoms with Crippen LogP contribution in [0.4, 0.5) is 0 Å². The van der Waals surface area contributed by atoms with Crippen molar-refractivity contribution in [3.8, 4) is 38.7 Å². The summed E-state index contributed by atoms with van der Waals surface area (Å²) >= 11 is 7.89. The molecule has 7 nitrogen and oxygen atoms in total. The Bertz CT molecular complexity index is 2160. The molecule has 0 spiro atoms. The molecule has 0 fully saturated rings. The van der Waals surface area contributed by atoms with E-state index in [0.717, 1.165) is 54.1 Å². The first-order valence-electron chi connectivity index (χ1n) is 14.1. The molecule has 6 aromatic rings. The second-order valence-corrected chi connectivity index (χ2v) is 13.2. The summed E-state index contributed by atoms with van der Waals surface area (Å²) in [6.45, 7) is 7.79. The zero-order valence-corrected chi connectivity index (χ0v) is 26.5. The van der Waals surface area contributed by atoms with Crippen molar-refractivity contribution in [3.05, 3.63) is 99.6 Å². The maximum absolute atomic E-state index is 12.8. The van der Waals surface area contributed by atoms with E-state index in [4.69, 9.17) is 21.3 Å². The first kappa shape index (κ1) is 29.5. The van der Waals surface area contributed by atoms with E-state index in [9.17, 15) is 14.7 Å². The Kier molecular flexibility index (Phi) is 7.51. The van der Waals surface area contributed by atoms with Crippen LogP contribution in [0.1, 0.15) is 31.9 Å². The van der Waals surface area contributed by atoms with Crippen LogP contribution in [-0.4, -0.2) is 31.2 Å². The molecule has 6 rings (SSSR count). The van der Waals surface area contributed by atoms with Gasteiger partial charge in [0.25, 0.3) is 5.56 Å². The molecule has 0 saturated carbocycles. The minimum Gasteiger partial charge on any atom is -0.487 e. The number of ether oxygens (including phenoxy) is 1. The molecule has 0 bridgehead atoms. The van der Waals surface area contributed by atoms with E-state index < -0.39 is 11.6 Å². The largest absolute Gasteiger partial charge is 0.487 e. The fourth-order valence-electron chi connectivity index (χ4n) is 5.36. The Balaban J connectivity index is 1.53. The van der Waals surface area contributed by atoms with Crippen LogP contribution < -0.4 is 10.3 Å². The van der Waals surface area contributed by atoms with Crippen molar-refractivity contribution in [2.75, 3.05) is 0 Å². The highest BCUT2D eigenvalue weighted by atomic mass is 35.5. The molecule has 3 aromatic carbocycles. The van der Waals surface area contributed by atoms with Crippen molar-refractivity contribution in [3.63, 3.8) is 0 Å². The molecule has 1 N–H and O–H groups in total. The maximum Gasteiger partial charge on any atom is 0.307 e. The van der Waals surface area contributed by atoms with Crippen LogP contribution in [0.25, 0.3) is 53.9 Å². The summed E-state index contributed by atoms with van der Waals surface area (Å²) in [5, 5.41) is 12.7. The lowest BCUT2D eigenvalue weighted by Gasteiger charge is -2.24. The zero-order valence-electron chi connectivity index (χ0n) is 24.9. The Labute approximate surface area is 263 Å². The highest BCUT2D eigenvalue weighted by Crippen LogP contribution is 2.45. The van der Waals surface area contributed by atoms with Gasteiger partial charge in [-0.2, -0.15) is 0 Å². The quantitative estimate of drug-likeness (QED) is 0.200. The number of pyridine rings is 2. The number of hydrogen-bond acceptors (Lipinski definition) is 6. The Morgan fingerprint density at radius 2 is 1.84 bits per heavy atom. The van der Waals surface area contributed by atoms with E-state index >= 15 is 0 Å². The third-order valence-corrected chi connectivity index (χ3v) is 8.73. The van der Waals surface area contributed by atoms with Gasteiger partial charge in [0.1, 0.15) is 16.4 Å². The van der Waals surface area contributed by atoms with Gasteiger partial charge in [-0.3, -0.25) is 14.6 Å². The Morgan fingerprint density at radius 1 is 1.05 bits per heavy atom. The van der Waals surface area contributed by atoms with Gasteiger partial charge in [0.15, 0.2) is 0 Å². The standard InChI is InChI=1S/C35H30ClN3O4S/c1-19-14-28-32(31(25(19)18-30(40)41)24-9-8-23(36)17-29(24)43-35(2,3)4)44-33(38-28)22-10-12-37-27(16-22)21-7-6-20-11-13-39(5)34(42)26(20)15-21/h6-17H,18H2,1-5H3,(H,40,41). The van der Waals surface area contributed by atoms with E-state index in [1.807, 2.05) is 76.2 Å². The number of aromatic nitrogens is 3. The lowest BCUT2D eigenvalue weighted by molar-refractivity contribution is -0.136. The number of aryl methyl sites for hydroxylation is 2. The van der Waals surface area contributed by atoms with Crippen molar-refractivity contribution >= 4 is 49.9 Å². The molecule has 0 atom stereocenters. The number of fused-ring (bicyclic) bond motifs is 2. The van der Waals surface area contributed by atoms with Gasteiger partial charge in [-0.1, -0.05) is 23.7 Å². The maximum atomic E-state index is 12.8. The summed E-state index contributed by atoms with van der Waals surface area (Å²) in [4.78, 5) is 34.4. The summed E-state index contributed by atoms with van der Waals surface area (Å²) in [5.74, 6) is -0.346. The molecular formula is C35H30ClN3O4S. The summed E-state index contributed by atoms with van der Waals surface area (Å²) in [5.41, 5.74) is 5.67. The highest BCUT2D eigenvalue weighted by molar-refractivity contribution is 7.22. The van der Waals surface area contributed by atoms with E-state index in [1.54, 1.807) is 36.1 Å². The van der Waals surface area contributed by atoms with Crippen molar-refractivity contribution in [1.29, 1.82) is 0 Å². The van der Waals surface area contributed by atoms with Gasteiger partial charge in [0.2, 0.25) is 0 Å². The van der Waals surface area contributed by atoms with Crippen LogP contribution in [0.2, 0.25) is 5.02 Å². The topological polar surface area (TPSA) is 94.3 Å². The predicted octanol–water partition coefficient (Wildman–Crippen LogP) is 8.31. The highest BCUT2D eigenvalue weighted by Gasteiger charge is 2.24. The minimum atomic E-state index is -0.922. The fourth-order valence-corrected chi connectivity index (χ4v) is 6.65. The molecule has 0 amide bonds. The molecule has 0 saturated heterocycles. The molecule has 0 radical (unpaired) electrons. The van der Waals surface area contributed by atoms with Crippen molar-refractivity contribution < 1.29 is 14.6 Å². The van der Waals surface area contributed by atoms with Gasteiger partial charge in [0, 0.05) is 52.1 Å². The molecular weight excluding hydrogens is 594 g/mol. The zero-order chi connectivity index (χ0) is 31.3. The lowest BCUT2D eigenvalue weighted by atomic mass is 9.92. The van der Waals surface area contributed by atoms with Gasteiger partial charge < -0.3 is 14.4 Å². The van der Waals surface area contributed by atoms with Gasteiger partial charge >= 0.3 is 5.97 Å². The van der Waals surface area contributed by atoms with Crippen LogP contribution in [0.5, 0.6) is 5.75 Å². The molecule has 222 valence electrons. The molecule has 44 heavy (non-hydrogen) atoms. The number of carboxylic acid groups (broad SMARTS) is 1. The van der Waals surface area contributed by atoms with Crippen molar-refractivity contribution in [2.45, 2.75) is 39.7 Å². The second kappa shape index (κ2) is 11.2. The molecule has 0 unspecified atom stereocenters. The minimum absolute atomic E-state index is 0.0660. The number of carbonyl (C=O) groups is 1. The second-order valence-electron chi connectivity index (χ2n) is 11.8. The predicted molar refractivity (Wildman–Crippen MR) is 178 cm³/mol. The lowest BCUT2D eigenvalue weighted by Crippen LogP contribution is -2.23. The van der Waals surface area contributed by atoms with Crippen LogP contribution in [0.15, 0.2) is 77.9 Å². The number of carboxylic acids is 1. The summed E-state index contributed by atoms with van der Waals surface area (Å²) in [7, 11) is 1.74. The number of rotatable bonds is 6. The van der Waals surface area contributed by atoms with Crippen molar-refractivity contribution in [2.24, 2.45) is 7.05 Å². The number of halogens is 1. The van der Waals surface area contributed by atoms with Crippen LogP contribution in [0.3, 0.4) is 0 Å². The Morgan fingerprint density at radius 3 is 2.59 bits per heavy atom. The normalized spacial score (nSPS) is 11.8. The first-order valence-corrected chi connectivity index (χ1v) is 15.3. The third-order valence-electron chi connectivity index (χ3n) is 7.35. The van der Waals surface area contributed by atoms with E-state index in [2.05, 4.69) is 4.98 Å². The van der Waals surface area contributed by atoms with Crippen LogP contribution in [-0.2, 0) is 18.3 Å². The van der Waals surface area contributed by atoms with Crippen LogP contribution in [0, 0.1) is 6.92 Å².